The Labute approximate surface area is 109 Å². The Bertz CT molecular complexity index is 466. The van der Waals surface area contributed by atoms with Crippen LogP contribution in [0.5, 0.6) is 11.5 Å². The first-order valence-electron chi connectivity index (χ1n) is 5.89. The lowest BCUT2D eigenvalue weighted by Crippen LogP contribution is -2.18. The molecule has 1 aliphatic carbocycles. The van der Waals surface area contributed by atoms with E-state index in [2.05, 4.69) is 15.9 Å². The molecule has 1 N–H and O–H groups in total. The number of benzene rings is 1. The van der Waals surface area contributed by atoms with E-state index >= 15 is 0 Å². The Balaban J connectivity index is 2.01. The van der Waals surface area contributed by atoms with E-state index in [0.717, 1.165) is 39.9 Å². The molecule has 1 saturated carbocycles. The third-order valence-corrected chi connectivity index (χ3v) is 4.52. The maximum atomic E-state index is 10.0. The lowest BCUT2D eigenvalue weighted by Gasteiger charge is -2.23. The van der Waals surface area contributed by atoms with Crippen LogP contribution in [0.1, 0.15) is 24.0 Å². The first kappa shape index (κ1) is 11.4. The van der Waals surface area contributed by atoms with Crippen LogP contribution in [0.25, 0.3) is 0 Å². The standard InChI is InChI=1S/C13H15BrO3/c1-8-11(14)9(7-13(15)2-3-13)6-10-12(8)17-5-4-16-10/h6,15H,2-5,7H2,1H3. The molecule has 1 fully saturated rings. The van der Waals surface area contributed by atoms with Crippen LogP contribution >= 0.6 is 15.9 Å². The van der Waals surface area contributed by atoms with E-state index < -0.39 is 5.60 Å². The summed E-state index contributed by atoms with van der Waals surface area (Å²) >= 11 is 3.59. The number of ether oxygens (including phenoxy) is 2. The Kier molecular flexibility index (Phi) is 2.60. The van der Waals surface area contributed by atoms with Crippen LogP contribution in [0.4, 0.5) is 0 Å². The summed E-state index contributed by atoms with van der Waals surface area (Å²) in [5, 5.41) is 10.0. The SMILES string of the molecule is Cc1c(Br)c(CC2(O)CC2)cc2c1OCCO2. The molecule has 2 aliphatic rings. The summed E-state index contributed by atoms with van der Waals surface area (Å²) in [5.74, 6) is 1.63. The molecule has 0 amide bonds. The van der Waals surface area contributed by atoms with Crippen molar-refractivity contribution < 1.29 is 14.6 Å². The van der Waals surface area contributed by atoms with Crippen molar-refractivity contribution in [2.45, 2.75) is 31.8 Å². The van der Waals surface area contributed by atoms with Crippen molar-refractivity contribution in [2.24, 2.45) is 0 Å². The van der Waals surface area contributed by atoms with Gasteiger partial charge >= 0.3 is 0 Å². The average molecular weight is 299 g/mol. The van der Waals surface area contributed by atoms with Gasteiger partial charge in [0.05, 0.1) is 5.60 Å². The second-order valence-electron chi connectivity index (χ2n) is 4.90. The molecule has 0 spiro atoms. The third kappa shape index (κ3) is 2.04. The predicted octanol–water partition coefficient (Wildman–Crippen LogP) is 2.60. The highest BCUT2D eigenvalue weighted by molar-refractivity contribution is 9.10. The van der Waals surface area contributed by atoms with E-state index in [-0.39, 0.29) is 0 Å². The molecule has 3 nitrogen and oxygen atoms in total. The van der Waals surface area contributed by atoms with Crippen LogP contribution < -0.4 is 9.47 Å². The minimum Gasteiger partial charge on any atom is -0.486 e. The first-order valence-corrected chi connectivity index (χ1v) is 6.68. The topological polar surface area (TPSA) is 38.7 Å². The molecular weight excluding hydrogens is 284 g/mol. The molecule has 0 atom stereocenters. The van der Waals surface area contributed by atoms with E-state index in [4.69, 9.17) is 9.47 Å². The van der Waals surface area contributed by atoms with Crippen LogP contribution in [-0.2, 0) is 6.42 Å². The monoisotopic (exact) mass is 298 g/mol. The highest BCUT2D eigenvalue weighted by atomic mass is 79.9. The van der Waals surface area contributed by atoms with E-state index in [9.17, 15) is 5.11 Å². The van der Waals surface area contributed by atoms with E-state index in [1.54, 1.807) is 0 Å². The zero-order valence-electron chi connectivity index (χ0n) is 9.75. The Morgan fingerprint density at radius 3 is 2.76 bits per heavy atom. The molecule has 0 bridgehead atoms. The molecule has 92 valence electrons. The number of hydrogen-bond acceptors (Lipinski definition) is 3. The zero-order chi connectivity index (χ0) is 12.0. The number of halogens is 1. The fourth-order valence-corrected chi connectivity index (χ4v) is 2.63. The minimum absolute atomic E-state index is 0.487. The summed E-state index contributed by atoms with van der Waals surface area (Å²) in [4.78, 5) is 0. The molecular formula is C13H15BrO3. The molecule has 0 saturated heterocycles. The van der Waals surface area contributed by atoms with Crippen molar-refractivity contribution in [2.75, 3.05) is 13.2 Å². The smallest absolute Gasteiger partial charge is 0.165 e. The first-order chi connectivity index (χ1) is 8.09. The number of hydrogen-bond donors (Lipinski definition) is 1. The zero-order valence-corrected chi connectivity index (χ0v) is 11.3. The average Bonchev–Trinajstić information content (AvgIpc) is 3.04. The normalized spacial score (nSPS) is 20.2. The summed E-state index contributed by atoms with van der Waals surface area (Å²) in [6.07, 6.45) is 2.48. The van der Waals surface area contributed by atoms with Gasteiger partial charge in [0.1, 0.15) is 13.2 Å². The quantitative estimate of drug-likeness (QED) is 0.912. The fourth-order valence-electron chi connectivity index (χ4n) is 2.20. The summed E-state index contributed by atoms with van der Waals surface area (Å²) in [6, 6.07) is 1.99. The fraction of sp³-hybridized carbons (Fsp3) is 0.538. The van der Waals surface area contributed by atoms with Crippen molar-refractivity contribution in [3.05, 3.63) is 21.7 Å². The van der Waals surface area contributed by atoms with Gasteiger partial charge in [0, 0.05) is 16.5 Å². The molecule has 4 heteroatoms. The van der Waals surface area contributed by atoms with Crippen LogP contribution in [0.2, 0.25) is 0 Å². The third-order valence-electron chi connectivity index (χ3n) is 3.41. The van der Waals surface area contributed by atoms with Gasteiger partial charge in [0.25, 0.3) is 0 Å². The lowest BCUT2D eigenvalue weighted by molar-refractivity contribution is 0.149. The van der Waals surface area contributed by atoms with Gasteiger partial charge in [-0.1, -0.05) is 15.9 Å². The maximum absolute atomic E-state index is 10.0. The summed E-state index contributed by atoms with van der Waals surface area (Å²) in [5.41, 5.74) is 1.67. The molecule has 1 heterocycles. The van der Waals surface area contributed by atoms with Gasteiger partial charge < -0.3 is 14.6 Å². The summed E-state index contributed by atoms with van der Waals surface area (Å²) in [6.45, 7) is 3.21. The maximum Gasteiger partial charge on any atom is 0.165 e. The second kappa shape index (κ2) is 3.89. The lowest BCUT2D eigenvalue weighted by atomic mass is 10.0. The molecule has 1 aromatic carbocycles. The van der Waals surface area contributed by atoms with Crippen LogP contribution in [0.15, 0.2) is 10.5 Å². The van der Waals surface area contributed by atoms with Crippen LogP contribution in [0, 0.1) is 6.92 Å². The number of aliphatic hydroxyl groups is 1. The summed E-state index contributed by atoms with van der Waals surface area (Å²) in [7, 11) is 0. The Morgan fingerprint density at radius 1 is 1.35 bits per heavy atom. The van der Waals surface area contributed by atoms with Crippen molar-refractivity contribution in [3.63, 3.8) is 0 Å². The predicted molar refractivity (Wildman–Crippen MR) is 67.8 cm³/mol. The van der Waals surface area contributed by atoms with Crippen molar-refractivity contribution in [1.82, 2.24) is 0 Å². The van der Waals surface area contributed by atoms with Gasteiger partial charge in [-0.2, -0.15) is 0 Å². The Hall–Kier alpha value is -0.740. The van der Waals surface area contributed by atoms with Gasteiger partial charge in [0.15, 0.2) is 11.5 Å². The molecule has 1 aliphatic heterocycles. The highest BCUT2D eigenvalue weighted by Crippen LogP contribution is 2.44. The van der Waals surface area contributed by atoms with Gasteiger partial charge in [-0.15, -0.1) is 0 Å². The Morgan fingerprint density at radius 2 is 2.06 bits per heavy atom. The van der Waals surface area contributed by atoms with E-state index in [0.29, 0.717) is 19.6 Å². The van der Waals surface area contributed by atoms with E-state index in [1.807, 2.05) is 13.0 Å². The summed E-state index contributed by atoms with van der Waals surface area (Å²) < 4.78 is 12.3. The molecule has 0 unspecified atom stereocenters. The van der Waals surface area contributed by atoms with Crippen LogP contribution in [0.3, 0.4) is 0 Å². The largest absolute Gasteiger partial charge is 0.486 e. The minimum atomic E-state index is -0.487. The van der Waals surface area contributed by atoms with Crippen molar-refractivity contribution in [1.29, 1.82) is 0 Å². The van der Waals surface area contributed by atoms with Gasteiger partial charge in [-0.3, -0.25) is 0 Å². The molecule has 1 aromatic rings. The van der Waals surface area contributed by atoms with E-state index in [1.165, 1.54) is 0 Å². The van der Waals surface area contributed by atoms with Gasteiger partial charge in [-0.05, 0) is 31.4 Å². The van der Waals surface area contributed by atoms with Gasteiger partial charge in [-0.25, -0.2) is 0 Å². The van der Waals surface area contributed by atoms with Crippen molar-refractivity contribution >= 4 is 15.9 Å². The highest BCUT2D eigenvalue weighted by Gasteiger charge is 2.41. The molecule has 3 rings (SSSR count). The van der Waals surface area contributed by atoms with Crippen LogP contribution in [-0.4, -0.2) is 23.9 Å². The molecule has 0 aromatic heterocycles. The van der Waals surface area contributed by atoms with Gasteiger partial charge in [0.2, 0.25) is 0 Å². The van der Waals surface area contributed by atoms with Crippen molar-refractivity contribution in [3.8, 4) is 11.5 Å². The second-order valence-corrected chi connectivity index (χ2v) is 5.69. The number of fused-ring (bicyclic) bond motifs is 1. The molecule has 0 radical (unpaired) electrons. The number of rotatable bonds is 2. The molecule has 17 heavy (non-hydrogen) atoms.